The fourth-order valence-corrected chi connectivity index (χ4v) is 2.61. The number of carbonyl (C=O) groups is 2. The Kier molecular flexibility index (Phi) is 6.33. The zero-order chi connectivity index (χ0) is 18.4. The van der Waals surface area contributed by atoms with Gasteiger partial charge in [-0.1, -0.05) is 19.1 Å². The van der Waals surface area contributed by atoms with Gasteiger partial charge in [0.15, 0.2) is 0 Å². The Labute approximate surface area is 146 Å². The average Bonchev–Trinajstić information content (AvgIpc) is 2.91. The molecule has 0 saturated carbocycles. The number of amides is 2. The first-order chi connectivity index (χ1) is 11.9. The van der Waals surface area contributed by atoms with E-state index in [0.29, 0.717) is 23.6 Å². The van der Waals surface area contributed by atoms with Crippen LogP contribution in [0.2, 0.25) is 0 Å². The number of hydrogen-bond acceptors (Lipinski definition) is 3. The number of anilines is 1. The minimum atomic E-state index is -0.484. The summed E-state index contributed by atoms with van der Waals surface area (Å²) in [7, 11) is 0. The molecule has 1 aromatic carbocycles. The third-order valence-corrected chi connectivity index (χ3v) is 3.81. The van der Waals surface area contributed by atoms with Crippen LogP contribution in [0.4, 0.5) is 10.1 Å². The number of carbonyl (C=O) groups excluding carboxylic acids is 2. The second-order valence-corrected chi connectivity index (χ2v) is 5.90. The van der Waals surface area contributed by atoms with Crippen molar-refractivity contribution in [2.75, 3.05) is 18.4 Å². The van der Waals surface area contributed by atoms with Crippen LogP contribution in [0.15, 0.2) is 34.7 Å². The molecule has 25 heavy (non-hydrogen) atoms. The van der Waals surface area contributed by atoms with Crippen molar-refractivity contribution in [2.24, 2.45) is 0 Å². The second kappa shape index (κ2) is 8.46. The number of furan rings is 1. The molecule has 5 nitrogen and oxygen atoms in total. The SMILES string of the molecule is CCCN(CCC(=O)Nc1ccccc1F)C(=O)c1cc(C)oc1C. The zero-order valence-electron chi connectivity index (χ0n) is 14.8. The molecule has 134 valence electrons. The third kappa shape index (κ3) is 4.92. The van der Waals surface area contributed by atoms with Gasteiger partial charge >= 0.3 is 0 Å². The van der Waals surface area contributed by atoms with Gasteiger partial charge in [0.2, 0.25) is 5.91 Å². The minimum absolute atomic E-state index is 0.0932. The highest BCUT2D eigenvalue weighted by Crippen LogP contribution is 2.17. The van der Waals surface area contributed by atoms with E-state index in [1.807, 2.05) is 6.92 Å². The minimum Gasteiger partial charge on any atom is -0.466 e. The number of rotatable bonds is 7. The van der Waals surface area contributed by atoms with Gasteiger partial charge in [-0.2, -0.15) is 0 Å². The zero-order valence-corrected chi connectivity index (χ0v) is 14.8. The normalized spacial score (nSPS) is 10.6. The monoisotopic (exact) mass is 346 g/mol. The largest absolute Gasteiger partial charge is 0.466 e. The van der Waals surface area contributed by atoms with Crippen molar-refractivity contribution in [1.82, 2.24) is 4.90 Å². The van der Waals surface area contributed by atoms with Crippen molar-refractivity contribution in [2.45, 2.75) is 33.6 Å². The van der Waals surface area contributed by atoms with Gasteiger partial charge in [0.05, 0.1) is 11.3 Å². The number of benzene rings is 1. The van der Waals surface area contributed by atoms with Crippen molar-refractivity contribution in [3.05, 3.63) is 53.2 Å². The summed E-state index contributed by atoms with van der Waals surface area (Å²) in [6.45, 7) is 6.30. The molecular weight excluding hydrogens is 323 g/mol. The number of aryl methyl sites for hydroxylation is 2. The van der Waals surface area contributed by atoms with Crippen LogP contribution in [0, 0.1) is 19.7 Å². The van der Waals surface area contributed by atoms with Gasteiger partial charge in [0, 0.05) is 19.5 Å². The Bertz CT molecular complexity index is 755. The lowest BCUT2D eigenvalue weighted by Gasteiger charge is -2.21. The van der Waals surface area contributed by atoms with Crippen LogP contribution < -0.4 is 5.32 Å². The molecule has 0 radical (unpaired) electrons. The van der Waals surface area contributed by atoms with E-state index < -0.39 is 5.82 Å². The quantitative estimate of drug-likeness (QED) is 0.826. The van der Waals surface area contributed by atoms with Crippen LogP contribution in [0.3, 0.4) is 0 Å². The van der Waals surface area contributed by atoms with Crippen LogP contribution in [-0.2, 0) is 4.79 Å². The van der Waals surface area contributed by atoms with E-state index in [4.69, 9.17) is 4.42 Å². The van der Waals surface area contributed by atoms with Crippen molar-refractivity contribution >= 4 is 17.5 Å². The summed E-state index contributed by atoms with van der Waals surface area (Å²) in [5, 5.41) is 2.53. The van der Waals surface area contributed by atoms with E-state index in [9.17, 15) is 14.0 Å². The predicted octanol–water partition coefficient (Wildman–Crippen LogP) is 3.92. The van der Waals surface area contributed by atoms with Crippen LogP contribution in [-0.4, -0.2) is 29.8 Å². The Balaban J connectivity index is 1.99. The highest BCUT2D eigenvalue weighted by atomic mass is 19.1. The van der Waals surface area contributed by atoms with Crippen molar-refractivity contribution in [3.63, 3.8) is 0 Å². The first-order valence-electron chi connectivity index (χ1n) is 8.33. The number of halogens is 1. The Morgan fingerprint density at radius 2 is 1.92 bits per heavy atom. The van der Waals surface area contributed by atoms with Crippen molar-refractivity contribution < 1.29 is 18.4 Å². The topological polar surface area (TPSA) is 62.6 Å². The van der Waals surface area contributed by atoms with Crippen LogP contribution in [0.1, 0.15) is 41.6 Å². The van der Waals surface area contributed by atoms with E-state index in [1.165, 1.54) is 12.1 Å². The molecule has 0 aliphatic rings. The molecule has 6 heteroatoms. The summed E-state index contributed by atoms with van der Waals surface area (Å²) in [6, 6.07) is 7.70. The van der Waals surface area contributed by atoms with Gasteiger partial charge in [-0.25, -0.2) is 4.39 Å². The smallest absolute Gasteiger partial charge is 0.257 e. The maximum atomic E-state index is 13.6. The summed E-state index contributed by atoms with van der Waals surface area (Å²) in [6.07, 6.45) is 0.868. The van der Waals surface area contributed by atoms with Crippen LogP contribution in [0.5, 0.6) is 0 Å². The Morgan fingerprint density at radius 3 is 2.52 bits per heavy atom. The van der Waals surface area contributed by atoms with Crippen LogP contribution in [0.25, 0.3) is 0 Å². The number of para-hydroxylation sites is 1. The molecule has 0 fully saturated rings. The van der Waals surface area contributed by atoms with E-state index >= 15 is 0 Å². The molecular formula is C19H23FN2O3. The molecule has 1 aromatic heterocycles. The second-order valence-electron chi connectivity index (χ2n) is 5.90. The van der Waals surface area contributed by atoms with Crippen molar-refractivity contribution in [1.29, 1.82) is 0 Å². The molecule has 0 atom stereocenters. The summed E-state index contributed by atoms with van der Waals surface area (Å²) in [5.74, 6) is 0.268. The lowest BCUT2D eigenvalue weighted by Crippen LogP contribution is -2.34. The highest BCUT2D eigenvalue weighted by molar-refractivity contribution is 5.96. The van der Waals surface area contributed by atoms with E-state index in [2.05, 4.69) is 5.32 Å². The van der Waals surface area contributed by atoms with E-state index in [0.717, 1.165) is 6.42 Å². The Morgan fingerprint density at radius 1 is 1.20 bits per heavy atom. The van der Waals surface area contributed by atoms with E-state index in [1.54, 1.807) is 36.9 Å². The molecule has 0 unspecified atom stereocenters. The van der Waals surface area contributed by atoms with E-state index in [-0.39, 0.29) is 30.5 Å². The molecule has 0 aliphatic carbocycles. The summed E-state index contributed by atoms with van der Waals surface area (Å²) in [4.78, 5) is 26.4. The maximum Gasteiger partial charge on any atom is 0.257 e. The fourth-order valence-electron chi connectivity index (χ4n) is 2.61. The van der Waals surface area contributed by atoms with Gasteiger partial charge in [-0.05, 0) is 38.5 Å². The molecule has 0 bridgehead atoms. The molecule has 0 aliphatic heterocycles. The first kappa shape index (κ1) is 18.7. The summed E-state index contributed by atoms with van der Waals surface area (Å²) in [5.41, 5.74) is 0.655. The molecule has 2 amide bonds. The van der Waals surface area contributed by atoms with Gasteiger partial charge < -0.3 is 14.6 Å². The molecule has 0 spiro atoms. The maximum absolute atomic E-state index is 13.6. The molecule has 2 aromatic rings. The first-order valence-corrected chi connectivity index (χ1v) is 8.33. The fraction of sp³-hybridized carbons (Fsp3) is 0.368. The molecule has 1 heterocycles. The number of hydrogen-bond donors (Lipinski definition) is 1. The van der Waals surface area contributed by atoms with Gasteiger partial charge in [0.1, 0.15) is 17.3 Å². The van der Waals surface area contributed by atoms with Gasteiger partial charge in [0.25, 0.3) is 5.91 Å². The number of nitrogens with one attached hydrogen (secondary N) is 1. The summed E-state index contributed by atoms with van der Waals surface area (Å²) >= 11 is 0. The Hall–Kier alpha value is -2.63. The lowest BCUT2D eigenvalue weighted by atomic mass is 10.2. The summed E-state index contributed by atoms with van der Waals surface area (Å²) < 4.78 is 19.0. The highest BCUT2D eigenvalue weighted by Gasteiger charge is 2.20. The molecule has 1 N–H and O–H groups in total. The van der Waals surface area contributed by atoms with Crippen LogP contribution >= 0.6 is 0 Å². The predicted molar refractivity (Wildman–Crippen MR) is 94.0 cm³/mol. The standard InChI is InChI=1S/C19H23FN2O3/c1-4-10-22(19(24)15-12-13(2)25-14(15)3)11-9-18(23)21-17-8-6-5-7-16(17)20/h5-8,12H,4,9-11H2,1-3H3,(H,21,23). The lowest BCUT2D eigenvalue weighted by molar-refractivity contribution is -0.116. The average molecular weight is 346 g/mol. The molecule has 2 rings (SSSR count). The third-order valence-electron chi connectivity index (χ3n) is 3.81. The van der Waals surface area contributed by atoms with Gasteiger partial charge in [-0.3, -0.25) is 9.59 Å². The van der Waals surface area contributed by atoms with Crippen molar-refractivity contribution in [3.8, 4) is 0 Å². The van der Waals surface area contributed by atoms with Gasteiger partial charge in [-0.15, -0.1) is 0 Å². The number of nitrogens with zero attached hydrogens (tertiary/aromatic N) is 1. The molecule has 0 saturated heterocycles.